The van der Waals surface area contributed by atoms with Gasteiger partial charge in [0.2, 0.25) is 0 Å². The molecule has 36 heavy (non-hydrogen) atoms. The normalized spacial score (nSPS) is 22.6. The molecule has 2 aromatic carbocycles. The number of amides is 1. The van der Waals surface area contributed by atoms with Crippen molar-refractivity contribution in [1.82, 2.24) is 5.32 Å². The molecule has 1 fully saturated rings. The fourth-order valence-electron chi connectivity index (χ4n) is 4.65. The van der Waals surface area contributed by atoms with Crippen LogP contribution in [-0.2, 0) is 18.7 Å². The van der Waals surface area contributed by atoms with Crippen LogP contribution in [0, 0.1) is 0 Å². The maximum Gasteiger partial charge on any atom is 0.273 e. The van der Waals surface area contributed by atoms with Gasteiger partial charge in [0.05, 0.1) is 13.2 Å². The molecule has 0 spiro atoms. The molecule has 3 rings (SSSR count). The average molecular weight is 571 g/mol. The number of carbonyl (C=O) groups is 1. The second-order valence-electron chi connectivity index (χ2n) is 10.5. The van der Waals surface area contributed by atoms with E-state index < -0.39 is 35.4 Å². The minimum absolute atomic E-state index is 0.0742. The van der Waals surface area contributed by atoms with Gasteiger partial charge in [-0.15, -0.1) is 6.58 Å². The van der Waals surface area contributed by atoms with Gasteiger partial charge in [0.1, 0.15) is 11.6 Å². The van der Waals surface area contributed by atoms with Crippen molar-refractivity contribution >= 4 is 59.4 Å². The lowest BCUT2D eigenvalue weighted by Crippen LogP contribution is -2.71. The van der Waals surface area contributed by atoms with Gasteiger partial charge in [0.25, 0.3) is 18.0 Å². The summed E-state index contributed by atoms with van der Waals surface area (Å²) in [6.07, 6.45) is 0.896. The quantitative estimate of drug-likeness (QED) is 0.285. The molecule has 1 aliphatic rings. The molecule has 196 valence electrons. The summed E-state index contributed by atoms with van der Waals surface area (Å²) in [4.78, 5) is 12.7. The number of halogens is 3. The highest BCUT2D eigenvalue weighted by molar-refractivity contribution is 6.99. The van der Waals surface area contributed by atoms with Crippen LogP contribution in [0.5, 0.6) is 0 Å². The zero-order valence-electron chi connectivity index (χ0n) is 21.3. The molecule has 1 heterocycles. The molecule has 0 aliphatic carbocycles. The molecule has 0 bridgehead atoms. The van der Waals surface area contributed by atoms with E-state index in [0.717, 1.165) is 10.4 Å². The van der Waals surface area contributed by atoms with Gasteiger partial charge in [-0.25, -0.2) is 0 Å². The Kier molecular flexibility index (Phi) is 8.73. The van der Waals surface area contributed by atoms with E-state index in [2.05, 4.69) is 56.9 Å². The number of carbonyl (C=O) groups excluding carboxylic acids is 1. The Labute approximate surface area is 230 Å². The number of ether oxygens (including phenoxy) is 2. The van der Waals surface area contributed by atoms with Gasteiger partial charge in [-0.3, -0.25) is 4.79 Å². The summed E-state index contributed by atoms with van der Waals surface area (Å²) < 4.78 is 17.2. The zero-order valence-corrected chi connectivity index (χ0v) is 24.6. The van der Waals surface area contributed by atoms with Crippen molar-refractivity contribution in [3.63, 3.8) is 0 Å². The highest BCUT2D eigenvalue weighted by Crippen LogP contribution is 2.39. The van der Waals surface area contributed by atoms with Crippen LogP contribution in [0.4, 0.5) is 0 Å². The van der Waals surface area contributed by atoms with Crippen LogP contribution in [-0.4, -0.2) is 48.7 Å². The first kappa shape index (κ1) is 29.2. The molecular formula is C27H34Cl3NO4Si. The second-order valence-corrected chi connectivity index (χ2v) is 17.1. The van der Waals surface area contributed by atoms with Crippen LogP contribution in [0.2, 0.25) is 5.04 Å². The summed E-state index contributed by atoms with van der Waals surface area (Å²) in [6.45, 7) is 14.4. The molecule has 1 saturated heterocycles. The minimum atomic E-state index is -2.88. The van der Waals surface area contributed by atoms with Gasteiger partial charge in [0.15, 0.2) is 5.79 Å². The smallest absolute Gasteiger partial charge is 0.273 e. The summed E-state index contributed by atoms with van der Waals surface area (Å²) in [5, 5.41) is 4.81. The Morgan fingerprint density at radius 2 is 1.58 bits per heavy atom. The van der Waals surface area contributed by atoms with Crippen molar-refractivity contribution in [2.75, 3.05) is 13.2 Å². The third-order valence-corrected chi connectivity index (χ3v) is 12.0. The van der Waals surface area contributed by atoms with Crippen molar-refractivity contribution in [3.05, 3.63) is 73.3 Å². The molecule has 0 unspecified atom stereocenters. The summed E-state index contributed by atoms with van der Waals surface area (Å²) in [6, 6.07) is 20.6. The standard InChI is InChI=1S/C27H34Cl3NO4Si/c1-7-26(31-23(32)27(28,29)30)19-33-25(5,6)35-22(26)18-34-36(24(2,3)4,20-14-10-8-11-15-20)21-16-12-9-13-17-21/h7-17,22H,1,18-19H2,2-6H3,(H,31,32)/t22-,26-/m0/s1. The lowest BCUT2D eigenvalue weighted by atomic mass is 9.91. The zero-order chi connectivity index (χ0) is 26.8. The Morgan fingerprint density at radius 1 is 1.08 bits per heavy atom. The van der Waals surface area contributed by atoms with E-state index in [9.17, 15) is 4.79 Å². The summed E-state index contributed by atoms with van der Waals surface area (Å²) in [5.74, 6) is -1.72. The molecule has 9 heteroatoms. The Hall–Kier alpha value is -1.38. The van der Waals surface area contributed by atoms with Crippen LogP contribution in [0.3, 0.4) is 0 Å². The van der Waals surface area contributed by atoms with Crippen molar-refractivity contribution in [2.45, 2.75) is 60.9 Å². The number of hydrogen-bond acceptors (Lipinski definition) is 4. The van der Waals surface area contributed by atoms with Crippen molar-refractivity contribution < 1.29 is 18.7 Å². The lowest BCUT2D eigenvalue weighted by Gasteiger charge is -2.50. The van der Waals surface area contributed by atoms with Crippen LogP contribution in [0.15, 0.2) is 73.3 Å². The van der Waals surface area contributed by atoms with Crippen LogP contribution in [0.25, 0.3) is 0 Å². The predicted octanol–water partition coefficient (Wildman–Crippen LogP) is 5.13. The maximum atomic E-state index is 12.7. The first-order valence-corrected chi connectivity index (χ1v) is 14.8. The lowest BCUT2D eigenvalue weighted by molar-refractivity contribution is -0.298. The van der Waals surface area contributed by atoms with Crippen molar-refractivity contribution in [1.29, 1.82) is 0 Å². The van der Waals surface area contributed by atoms with Crippen LogP contribution < -0.4 is 15.7 Å². The van der Waals surface area contributed by atoms with Gasteiger partial charge in [-0.05, 0) is 29.3 Å². The van der Waals surface area contributed by atoms with E-state index in [0.29, 0.717) is 0 Å². The fourth-order valence-corrected chi connectivity index (χ4v) is 9.35. The van der Waals surface area contributed by atoms with Crippen LogP contribution in [0.1, 0.15) is 34.6 Å². The topological polar surface area (TPSA) is 56.8 Å². The fraction of sp³-hybridized carbons (Fsp3) is 0.444. The molecule has 0 aromatic heterocycles. The SMILES string of the molecule is C=C[C@]1(NC(=O)C(Cl)(Cl)Cl)COC(C)(C)O[C@H]1CO[Si](c1ccccc1)(c1ccccc1)C(C)(C)C. The van der Waals surface area contributed by atoms with E-state index in [-0.39, 0.29) is 18.3 Å². The largest absolute Gasteiger partial charge is 0.405 e. The second kappa shape index (κ2) is 10.8. The first-order valence-electron chi connectivity index (χ1n) is 11.8. The van der Waals surface area contributed by atoms with Crippen molar-refractivity contribution in [3.8, 4) is 0 Å². The van der Waals surface area contributed by atoms with Crippen LogP contribution >= 0.6 is 34.8 Å². The third kappa shape index (κ3) is 6.02. The molecule has 0 radical (unpaired) electrons. The van der Waals surface area contributed by atoms with E-state index in [1.807, 2.05) is 50.2 Å². The summed E-state index contributed by atoms with van der Waals surface area (Å²) in [7, 11) is -2.88. The molecule has 2 aromatic rings. The van der Waals surface area contributed by atoms with Crippen molar-refractivity contribution in [2.24, 2.45) is 0 Å². The maximum absolute atomic E-state index is 12.7. The van der Waals surface area contributed by atoms with E-state index in [1.165, 1.54) is 0 Å². The molecular weight excluding hydrogens is 537 g/mol. The monoisotopic (exact) mass is 569 g/mol. The minimum Gasteiger partial charge on any atom is -0.405 e. The van der Waals surface area contributed by atoms with Gasteiger partial charge >= 0.3 is 0 Å². The molecule has 1 amide bonds. The Balaban J connectivity index is 2.09. The molecule has 2 atom stereocenters. The first-order chi connectivity index (χ1) is 16.7. The Bertz CT molecular complexity index is 1010. The number of rotatable bonds is 7. The summed E-state index contributed by atoms with van der Waals surface area (Å²) in [5.41, 5.74) is -1.18. The number of hydrogen-bond donors (Lipinski definition) is 1. The molecule has 1 aliphatic heterocycles. The number of alkyl halides is 3. The van der Waals surface area contributed by atoms with E-state index in [4.69, 9.17) is 48.7 Å². The predicted molar refractivity (Wildman–Crippen MR) is 150 cm³/mol. The van der Waals surface area contributed by atoms with Gasteiger partial charge in [0, 0.05) is 0 Å². The third-order valence-electron chi connectivity index (χ3n) is 6.50. The van der Waals surface area contributed by atoms with Gasteiger partial charge < -0.3 is 19.2 Å². The average Bonchev–Trinajstić information content (AvgIpc) is 2.81. The highest BCUT2D eigenvalue weighted by Gasteiger charge is 2.54. The van der Waals surface area contributed by atoms with Gasteiger partial charge in [-0.1, -0.05) is 122 Å². The van der Waals surface area contributed by atoms with E-state index in [1.54, 1.807) is 6.08 Å². The Morgan fingerprint density at radius 3 is 2.00 bits per heavy atom. The van der Waals surface area contributed by atoms with Gasteiger partial charge in [-0.2, -0.15) is 0 Å². The number of nitrogens with one attached hydrogen (secondary N) is 1. The summed E-state index contributed by atoms with van der Waals surface area (Å²) >= 11 is 17.6. The molecule has 1 N–H and O–H groups in total. The molecule has 5 nitrogen and oxygen atoms in total. The van der Waals surface area contributed by atoms with E-state index >= 15 is 0 Å². The number of benzene rings is 2. The molecule has 0 saturated carbocycles. The highest BCUT2D eigenvalue weighted by atomic mass is 35.6.